The zero-order chi connectivity index (χ0) is 25.1. The van der Waals surface area contributed by atoms with E-state index in [1.807, 2.05) is 11.6 Å². The van der Waals surface area contributed by atoms with Gasteiger partial charge in [0.2, 0.25) is 11.9 Å². The van der Waals surface area contributed by atoms with Crippen LogP contribution < -0.4 is 11.1 Å². The molecular formula is C24H30Cl2N6O3. The van der Waals surface area contributed by atoms with Gasteiger partial charge in [0, 0.05) is 31.2 Å². The third kappa shape index (κ3) is 5.56. The number of nitrogens with zero attached hydrogens (tertiary/aromatic N) is 4. The summed E-state index contributed by atoms with van der Waals surface area (Å²) < 4.78 is 7.43. The van der Waals surface area contributed by atoms with Gasteiger partial charge in [0.05, 0.1) is 47.0 Å². The molecule has 3 atom stereocenters. The Bertz CT molecular complexity index is 1110. The van der Waals surface area contributed by atoms with Crippen molar-refractivity contribution < 1.29 is 14.3 Å². The van der Waals surface area contributed by atoms with E-state index in [1.54, 1.807) is 29.6 Å². The molecule has 1 aromatic carbocycles. The molecule has 0 radical (unpaired) electrons. The van der Waals surface area contributed by atoms with E-state index in [0.29, 0.717) is 53.5 Å². The summed E-state index contributed by atoms with van der Waals surface area (Å²) in [6.07, 6.45) is 6.88. The van der Waals surface area contributed by atoms with Gasteiger partial charge in [0.25, 0.3) is 0 Å². The number of carbonyl (C=O) groups is 2. The van der Waals surface area contributed by atoms with Crippen molar-refractivity contribution in [3.63, 3.8) is 0 Å². The molecule has 0 saturated heterocycles. The average Bonchev–Trinajstić information content (AvgIpc) is 3.09. The van der Waals surface area contributed by atoms with Crippen LogP contribution in [0.2, 0.25) is 10.0 Å². The van der Waals surface area contributed by atoms with Crippen LogP contribution in [0.3, 0.4) is 0 Å². The van der Waals surface area contributed by atoms with Crippen molar-refractivity contribution in [3.05, 3.63) is 40.4 Å². The van der Waals surface area contributed by atoms with Crippen LogP contribution in [0.25, 0.3) is 0 Å². The van der Waals surface area contributed by atoms with Crippen LogP contribution in [-0.2, 0) is 27.8 Å². The van der Waals surface area contributed by atoms with E-state index < -0.39 is 11.8 Å². The number of esters is 1. The number of amides is 1. The molecule has 9 nitrogen and oxygen atoms in total. The maximum absolute atomic E-state index is 13.6. The Morgan fingerprint density at radius 1 is 1.23 bits per heavy atom. The number of anilines is 2. The SMILES string of the molecule is CCCCCOC(=O)C1[C@@H](C(=O)N2CCN=C2Nc2c(Cl)cc(N)cc2Cl)[C@H]1Cc1cncn1C. The lowest BCUT2D eigenvalue weighted by molar-refractivity contribution is -0.147. The van der Waals surface area contributed by atoms with E-state index in [4.69, 9.17) is 33.7 Å². The first-order chi connectivity index (χ1) is 16.8. The fraction of sp³-hybridized carbons (Fsp3) is 0.500. The number of aryl methyl sites for hydroxylation is 1. The van der Waals surface area contributed by atoms with Crippen LogP contribution in [0.1, 0.15) is 31.9 Å². The van der Waals surface area contributed by atoms with Gasteiger partial charge in [0.15, 0.2) is 0 Å². The Labute approximate surface area is 214 Å². The Morgan fingerprint density at radius 2 is 1.97 bits per heavy atom. The van der Waals surface area contributed by atoms with Crippen molar-refractivity contribution in [2.24, 2.45) is 29.8 Å². The second kappa shape index (κ2) is 10.9. The van der Waals surface area contributed by atoms with Gasteiger partial charge in [-0.05, 0) is 30.9 Å². The number of imidazole rings is 1. The van der Waals surface area contributed by atoms with Crippen molar-refractivity contribution in [1.82, 2.24) is 14.5 Å². The number of hydrogen-bond donors (Lipinski definition) is 2. The molecule has 188 valence electrons. The molecule has 1 amide bonds. The molecular weight excluding hydrogens is 491 g/mol. The summed E-state index contributed by atoms with van der Waals surface area (Å²) in [5, 5.41) is 3.74. The smallest absolute Gasteiger partial charge is 0.310 e. The summed E-state index contributed by atoms with van der Waals surface area (Å²) in [4.78, 5) is 36.7. The highest BCUT2D eigenvalue weighted by Crippen LogP contribution is 2.50. The Kier molecular flexibility index (Phi) is 7.86. The number of guanidine groups is 1. The van der Waals surface area contributed by atoms with Crippen LogP contribution in [0.4, 0.5) is 11.4 Å². The van der Waals surface area contributed by atoms with Gasteiger partial charge >= 0.3 is 5.97 Å². The predicted octanol–water partition coefficient (Wildman–Crippen LogP) is 3.76. The highest BCUT2D eigenvalue weighted by atomic mass is 35.5. The largest absolute Gasteiger partial charge is 0.465 e. The fourth-order valence-corrected chi connectivity index (χ4v) is 5.10. The number of rotatable bonds is 9. The van der Waals surface area contributed by atoms with Gasteiger partial charge < -0.3 is 20.4 Å². The molecule has 1 saturated carbocycles. The van der Waals surface area contributed by atoms with Crippen molar-refractivity contribution in [2.75, 3.05) is 30.7 Å². The van der Waals surface area contributed by atoms with Crippen LogP contribution in [0.5, 0.6) is 0 Å². The lowest BCUT2D eigenvalue weighted by Gasteiger charge is -2.21. The summed E-state index contributed by atoms with van der Waals surface area (Å²) in [6, 6.07) is 3.15. The molecule has 2 aromatic rings. The van der Waals surface area contributed by atoms with Crippen molar-refractivity contribution in [3.8, 4) is 0 Å². The number of nitrogens with one attached hydrogen (secondary N) is 1. The molecule has 1 aliphatic heterocycles. The molecule has 2 aliphatic rings. The van der Waals surface area contributed by atoms with Crippen LogP contribution in [0, 0.1) is 17.8 Å². The second-order valence-corrected chi connectivity index (χ2v) is 9.78. The molecule has 2 heterocycles. The Morgan fingerprint density at radius 3 is 2.63 bits per heavy atom. The predicted molar refractivity (Wildman–Crippen MR) is 136 cm³/mol. The minimum Gasteiger partial charge on any atom is -0.465 e. The first kappa shape index (κ1) is 25.3. The average molecular weight is 521 g/mol. The molecule has 1 unspecified atom stereocenters. The summed E-state index contributed by atoms with van der Waals surface area (Å²) in [5.41, 5.74) is 7.62. The number of benzene rings is 1. The quantitative estimate of drug-likeness (QED) is 0.295. The number of nitrogen functional groups attached to an aromatic ring is 1. The number of nitrogens with two attached hydrogens (primary N) is 1. The second-order valence-electron chi connectivity index (χ2n) is 8.97. The van der Waals surface area contributed by atoms with Gasteiger partial charge in [-0.3, -0.25) is 19.5 Å². The number of aliphatic imine (C=N–C) groups is 1. The van der Waals surface area contributed by atoms with Gasteiger partial charge in [-0.25, -0.2) is 4.98 Å². The van der Waals surface area contributed by atoms with E-state index >= 15 is 0 Å². The van der Waals surface area contributed by atoms with E-state index in [-0.39, 0.29) is 17.8 Å². The first-order valence-corrected chi connectivity index (χ1v) is 12.6. The maximum atomic E-state index is 13.6. The number of unbranched alkanes of at least 4 members (excludes halogenated alkanes) is 2. The summed E-state index contributed by atoms with van der Waals surface area (Å²) in [7, 11) is 1.90. The van der Waals surface area contributed by atoms with Gasteiger partial charge in [0.1, 0.15) is 0 Å². The summed E-state index contributed by atoms with van der Waals surface area (Å²) in [5.74, 6) is -1.29. The van der Waals surface area contributed by atoms with Crippen LogP contribution >= 0.6 is 23.2 Å². The number of hydrogen-bond acceptors (Lipinski definition) is 7. The lowest BCUT2D eigenvalue weighted by atomic mass is 10.1. The normalized spacial score (nSPS) is 21.1. The maximum Gasteiger partial charge on any atom is 0.310 e. The summed E-state index contributed by atoms with van der Waals surface area (Å²) in [6.45, 7) is 3.30. The zero-order valence-corrected chi connectivity index (χ0v) is 21.3. The fourth-order valence-electron chi connectivity index (χ4n) is 4.50. The van der Waals surface area contributed by atoms with Crippen molar-refractivity contribution >= 4 is 52.4 Å². The van der Waals surface area contributed by atoms with Gasteiger partial charge in [-0.2, -0.15) is 0 Å². The molecule has 1 aliphatic carbocycles. The lowest BCUT2D eigenvalue weighted by Crippen LogP contribution is -2.40. The number of halogens is 2. The third-order valence-electron chi connectivity index (χ3n) is 6.49. The minimum atomic E-state index is -0.496. The standard InChI is InChI=1S/C24H30Cl2N6O3/c1-3-4-5-8-35-23(34)20-16(11-15-12-28-13-31(15)2)19(20)22(33)32-7-6-29-24(32)30-21-17(25)9-14(27)10-18(21)26/h9-10,12-13,16,19-20H,3-8,11,27H2,1-2H3,(H,29,30)/t16-,19+,20?/m1/s1. The first-order valence-electron chi connectivity index (χ1n) is 11.8. The minimum absolute atomic E-state index is 0.165. The molecule has 0 spiro atoms. The zero-order valence-electron chi connectivity index (χ0n) is 19.8. The van der Waals surface area contributed by atoms with Crippen molar-refractivity contribution in [2.45, 2.75) is 32.6 Å². The highest BCUT2D eigenvalue weighted by molar-refractivity contribution is 6.40. The van der Waals surface area contributed by atoms with E-state index in [2.05, 4.69) is 22.2 Å². The van der Waals surface area contributed by atoms with Crippen molar-refractivity contribution in [1.29, 1.82) is 0 Å². The van der Waals surface area contributed by atoms with E-state index in [1.165, 1.54) is 0 Å². The Hall–Kier alpha value is -2.78. The molecule has 3 N–H and O–H groups in total. The molecule has 1 fully saturated rings. The van der Waals surface area contributed by atoms with Crippen LogP contribution in [0.15, 0.2) is 29.6 Å². The van der Waals surface area contributed by atoms with Gasteiger partial charge in [-0.1, -0.05) is 43.0 Å². The van der Waals surface area contributed by atoms with Crippen LogP contribution in [-0.4, -0.2) is 52.0 Å². The van der Waals surface area contributed by atoms with Gasteiger partial charge in [-0.15, -0.1) is 0 Å². The molecule has 35 heavy (non-hydrogen) atoms. The number of ether oxygens (including phenoxy) is 1. The van der Waals surface area contributed by atoms with E-state index in [9.17, 15) is 9.59 Å². The molecule has 11 heteroatoms. The highest BCUT2D eigenvalue weighted by Gasteiger charge is 2.61. The molecule has 4 rings (SSSR count). The topological polar surface area (TPSA) is 115 Å². The number of carbonyl (C=O) groups excluding carboxylic acids is 2. The molecule has 0 bridgehead atoms. The summed E-state index contributed by atoms with van der Waals surface area (Å²) >= 11 is 12.6. The Balaban J connectivity index is 1.49. The number of aromatic nitrogens is 2. The monoisotopic (exact) mass is 520 g/mol. The van der Waals surface area contributed by atoms with E-state index in [0.717, 1.165) is 25.0 Å². The third-order valence-corrected chi connectivity index (χ3v) is 7.08. The molecule has 1 aromatic heterocycles.